The molecule has 0 saturated carbocycles. The van der Waals surface area contributed by atoms with Crippen molar-refractivity contribution in [3.63, 3.8) is 0 Å². The fourth-order valence-corrected chi connectivity index (χ4v) is 2.35. The van der Waals surface area contributed by atoms with Gasteiger partial charge < -0.3 is 0 Å². The molecule has 0 aliphatic rings. The van der Waals surface area contributed by atoms with Crippen LogP contribution in [0.15, 0.2) is 30.5 Å². The predicted molar refractivity (Wildman–Crippen MR) is 72.3 cm³/mol. The van der Waals surface area contributed by atoms with Gasteiger partial charge in [-0.05, 0) is 32.0 Å². The lowest BCUT2D eigenvalue weighted by molar-refractivity contribution is 0.663. The van der Waals surface area contributed by atoms with Gasteiger partial charge in [0.05, 0.1) is 11.2 Å². The van der Waals surface area contributed by atoms with Crippen molar-refractivity contribution in [1.29, 1.82) is 0 Å². The smallest absolute Gasteiger partial charge is 0.118 e. The Balaban J connectivity index is 2.32. The lowest BCUT2D eigenvalue weighted by atomic mass is 10.1. The van der Waals surface area contributed by atoms with E-state index in [4.69, 9.17) is 0 Å². The number of benzene rings is 1. The van der Waals surface area contributed by atoms with E-state index < -0.39 is 0 Å². The van der Waals surface area contributed by atoms with Crippen LogP contribution in [0.25, 0.3) is 22.3 Å². The van der Waals surface area contributed by atoms with Gasteiger partial charge in [0, 0.05) is 25.2 Å². The highest BCUT2D eigenvalue weighted by Gasteiger charge is 2.13. The quantitative estimate of drug-likeness (QED) is 0.690. The minimum Gasteiger partial charge on any atom is -0.267 e. The zero-order valence-electron chi connectivity index (χ0n) is 10.9. The molecule has 0 N–H and O–H groups in total. The summed E-state index contributed by atoms with van der Waals surface area (Å²) in [6.07, 6.45) is 1.83. The van der Waals surface area contributed by atoms with Crippen molar-refractivity contribution < 1.29 is 0 Å². The molecular weight excluding hydrogens is 224 g/mol. The molecule has 3 rings (SSSR count). The van der Waals surface area contributed by atoms with Gasteiger partial charge in [-0.3, -0.25) is 9.36 Å². The van der Waals surface area contributed by atoms with Crippen molar-refractivity contribution in [2.45, 2.75) is 20.4 Å². The third kappa shape index (κ3) is 1.53. The SMILES string of the molecule is CCn1nccc1-c1nn(C)c2ccc(C)cc12. The highest BCUT2D eigenvalue weighted by molar-refractivity contribution is 5.92. The lowest BCUT2D eigenvalue weighted by Crippen LogP contribution is -1.99. The Kier molecular flexibility index (Phi) is 2.44. The van der Waals surface area contributed by atoms with Crippen LogP contribution in [-0.2, 0) is 13.6 Å². The van der Waals surface area contributed by atoms with Crippen LogP contribution >= 0.6 is 0 Å². The summed E-state index contributed by atoms with van der Waals surface area (Å²) in [5.74, 6) is 0. The van der Waals surface area contributed by atoms with Gasteiger partial charge in [0.1, 0.15) is 5.69 Å². The number of nitrogens with zero attached hydrogens (tertiary/aromatic N) is 4. The minimum atomic E-state index is 0.853. The zero-order chi connectivity index (χ0) is 12.7. The molecular formula is C14H16N4. The molecule has 4 nitrogen and oxygen atoms in total. The van der Waals surface area contributed by atoms with E-state index in [9.17, 15) is 0 Å². The van der Waals surface area contributed by atoms with Crippen molar-refractivity contribution in [3.8, 4) is 11.4 Å². The summed E-state index contributed by atoms with van der Waals surface area (Å²) in [4.78, 5) is 0. The van der Waals surface area contributed by atoms with Crippen LogP contribution in [0.4, 0.5) is 0 Å². The highest BCUT2D eigenvalue weighted by atomic mass is 15.3. The molecule has 0 atom stereocenters. The molecule has 0 unspecified atom stereocenters. The maximum Gasteiger partial charge on any atom is 0.118 e. The molecule has 2 aromatic heterocycles. The van der Waals surface area contributed by atoms with Crippen LogP contribution in [0, 0.1) is 6.92 Å². The molecule has 0 spiro atoms. The second-order valence-electron chi connectivity index (χ2n) is 4.53. The van der Waals surface area contributed by atoms with Gasteiger partial charge in [0.25, 0.3) is 0 Å². The van der Waals surface area contributed by atoms with Crippen LogP contribution in [0.1, 0.15) is 12.5 Å². The van der Waals surface area contributed by atoms with Crippen molar-refractivity contribution in [2.75, 3.05) is 0 Å². The summed E-state index contributed by atoms with van der Waals surface area (Å²) >= 11 is 0. The molecule has 0 aliphatic heterocycles. The summed E-state index contributed by atoms with van der Waals surface area (Å²) in [7, 11) is 1.98. The first-order valence-corrected chi connectivity index (χ1v) is 6.16. The van der Waals surface area contributed by atoms with E-state index in [2.05, 4.69) is 42.2 Å². The Labute approximate surface area is 106 Å². The fourth-order valence-electron chi connectivity index (χ4n) is 2.35. The van der Waals surface area contributed by atoms with Gasteiger partial charge in [-0.25, -0.2) is 0 Å². The van der Waals surface area contributed by atoms with E-state index in [1.54, 1.807) is 0 Å². The zero-order valence-corrected chi connectivity index (χ0v) is 10.9. The summed E-state index contributed by atoms with van der Waals surface area (Å²) in [6.45, 7) is 5.05. The molecule has 4 heteroatoms. The summed E-state index contributed by atoms with van der Waals surface area (Å²) in [5.41, 5.74) is 4.49. The first kappa shape index (κ1) is 11.0. The molecule has 0 radical (unpaired) electrons. The average Bonchev–Trinajstić information content (AvgIpc) is 2.93. The maximum atomic E-state index is 4.64. The number of rotatable bonds is 2. The number of aromatic nitrogens is 4. The molecule has 3 aromatic rings. The van der Waals surface area contributed by atoms with Gasteiger partial charge in [-0.2, -0.15) is 10.2 Å². The fraction of sp³-hybridized carbons (Fsp3) is 0.286. The molecule has 0 bridgehead atoms. The second kappa shape index (κ2) is 3.98. The number of hydrogen-bond acceptors (Lipinski definition) is 2. The number of fused-ring (bicyclic) bond motifs is 1. The van der Waals surface area contributed by atoms with Gasteiger partial charge in [0.15, 0.2) is 0 Å². The first-order chi connectivity index (χ1) is 8.70. The van der Waals surface area contributed by atoms with Crippen LogP contribution in [0.3, 0.4) is 0 Å². The summed E-state index contributed by atoms with van der Waals surface area (Å²) < 4.78 is 3.90. The Hall–Kier alpha value is -2.10. The third-order valence-electron chi connectivity index (χ3n) is 3.26. The number of hydrogen-bond donors (Lipinski definition) is 0. The molecule has 92 valence electrons. The maximum absolute atomic E-state index is 4.64. The average molecular weight is 240 g/mol. The summed E-state index contributed by atoms with van der Waals surface area (Å²) in [6, 6.07) is 8.44. The Morgan fingerprint density at radius 2 is 2.06 bits per heavy atom. The normalized spacial score (nSPS) is 11.3. The molecule has 0 amide bonds. The van der Waals surface area contributed by atoms with E-state index in [1.165, 1.54) is 10.9 Å². The van der Waals surface area contributed by atoms with Crippen molar-refractivity contribution in [2.24, 2.45) is 7.05 Å². The third-order valence-corrected chi connectivity index (χ3v) is 3.26. The van der Waals surface area contributed by atoms with Gasteiger partial charge in [-0.1, -0.05) is 11.6 Å². The molecule has 18 heavy (non-hydrogen) atoms. The highest BCUT2D eigenvalue weighted by Crippen LogP contribution is 2.28. The minimum absolute atomic E-state index is 0.853. The Morgan fingerprint density at radius 3 is 2.83 bits per heavy atom. The standard InChI is InChI=1S/C14H16N4/c1-4-18-13(7-8-15-18)14-11-9-10(2)5-6-12(11)17(3)16-14/h5-9H,4H2,1-3H3. The van der Waals surface area contributed by atoms with E-state index >= 15 is 0 Å². The van der Waals surface area contributed by atoms with Crippen LogP contribution in [-0.4, -0.2) is 19.6 Å². The topological polar surface area (TPSA) is 35.6 Å². The lowest BCUT2D eigenvalue weighted by Gasteiger charge is -2.02. The molecule has 1 aromatic carbocycles. The first-order valence-electron chi connectivity index (χ1n) is 6.16. The molecule has 0 saturated heterocycles. The van der Waals surface area contributed by atoms with E-state index in [1.807, 2.05) is 28.7 Å². The van der Waals surface area contributed by atoms with E-state index in [-0.39, 0.29) is 0 Å². The second-order valence-corrected chi connectivity index (χ2v) is 4.53. The van der Waals surface area contributed by atoms with Crippen molar-refractivity contribution >= 4 is 10.9 Å². The molecule has 2 heterocycles. The van der Waals surface area contributed by atoms with Crippen LogP contribution in [0.2, 0.25) is 0 Å². The molecule has 0 aliphatic carbocycles. The monoisotopic (exact) mass is 240 g/mol. The Morgan fingerprint density at radius 1 is 1.22 bits per heavy atom. The number of aryl methyl sites for hydroxylation is 3. The predicted octanol–water partition coefficient (Wildman–Crippen LogP) is 2.77. The van der Waals surface area contributed by atoms with Crippen LogP contribution in [0.5, 0.6) is 0 Å². The van der Waals surface area contributed by atoms with Crippen molar-refractivity contribution in [1.82, 2.24) is 19.6 Å². The van der Waals surface area contributed by atoms with Crippen molar-refractivity contribution in [3.05, 3.63) is 36.0 Å². The van der Waals surface area contributed by atoms with Crippen LogP contribution < -0.4 is 0 Å². The largest absolute Gasteiger partial charge is 0.267 e. The van der Waals surface area contributed by atoms with Gasteiger partial charge in [0.2, 0.25) is 0 Å². The summed E-state index contributed by atoms with van der Waals surface area (Å²) in [5, 5.41) is 10.1. The molecule has 0 fully saturated rings. The van der Waals surface area contributed by atoms with E-state index in [0.29, 0.717) is 0 Å². The van der Waals surface area contributed by atoms with Gasteiger partial charge >= 0.3 is 0 Å². The Bertz CT molecular complexity index is 706. The van der Waals surface area contributed by atoms with Gasteiger partial charge in [-0.15, -0.1) is 0 Å². The van der Waals surface area contributed by atoms with E-state index in [0.717, 1.165) is 23.4 Å².